The maximum atomic E-state index is 12.8. The molecule has 108 valence electrons. The minimum atomic E-state index is 0.0265. The Morgan fingerprint density at radius 1 is 1.10 bits per heavy atom. The smallest absolute Gasteiger partial charge is 0.258 e. The minimum Gasteiger partial charge on any atom is -0.399 e. The normalized spacial score (nSPS) is 14.0. The second-order valence-electron chi connectivity index (χ2n) is 5.44. The summed E-state index contributed by atoms with van der Waals surface area (Å²) < 4.78 is 0. The van der Waals surface area contributed by atoms with E-state index in [1.807, 2.05) is 49.2 Å². The predicted octanol–water partition coefficient (Wildman–Crippen LogP) is 2.67. The topological polar surface area (TPSA) is 49.6 Å². The maximum absolute atomic E-state index is 12.8. The molecule has 2 N–H and O–H groups in total. The van der Waals surface area contributed by atoms with Crippen molar-refractivity contribution in [2.45, 2.75) is 6.92 Å². The van der Waals surface area contributed by atoms with Crippen LogP contribution in [0.4, 0.5) is 17.1 Å². The van der Waals surface area contributed by atoms with E-state index in [2.05, 4.69) is 4.90 Å². The van der Waals surface area contributed by atoms with Gasteiger partial charge < -0.3 is 15.5 Å². The van der Waals surface area contributed by atoms with Gasteiger partial charge in [0.05, 0.1) is 11.4 Å². The molecule has 0 radical (unpaired) electrons. The monoisotopic (exact) mass is 281 g/mol. The van der Waals surface area contributed by atoms with Crippen molar-refractivity contribution in [1.29, 1.82) is 0 Å². The molecular formula is C17H19N3O. The standard InChI is InChI=1S/C17H19N3O/c1-12-11-13(7-8-14(12)18)17(21)20-10-9-19(2)15-5-3-4-6-16(15)20/h3-8,11H,9-10,18H2,1-2H3. The first kappa shape index (κ1) is 13.5. The number of nitrogens with two attached hydrogens (primary N) is 1. The number of nitrogen functional groups attached to an aromatic ring is 1. The molecule has 21 heavy (non-hydrogen) atoms. The van der Waals surface area contributed by atoms with E-state index in [4.69, 9.17) is 5.73 Å². The van der Waals surface area contributed by atoms with E-state index in [0.717, 1.165) is 23.5 Å². The summed E-state index contributed by atoms with van der Waals surface area (Å²) in [5.74, 6) is 0.0265. The van der Waals surface area contributed by atoms with Crippen molar-refractivity contribution in [3.8, 4) is 0 Å². The third-order valence-corrected chi connectivity index (χ3v) is 4.00. The first-order valence-electron chi connectivity index (χ1n) is 7.06. The summed E-state index contributed by atoms with van der Waals surface area (Å²) in [5.41, 5.74) is 10.2. The molecule has 0 saturated carbocycles. The molecule has 0 fully saturated rings. The van der Waals surface area contributed by atoms with Crippen LogP contribution in [0.15, 0.2) is 42.5 Å². The zero-order valence-electron chi connectivity index (χ0n) is 12.3. The van der Waals surface area contributed by atoms with E-state index in [1.165, 1.54) is 0 Å². The lowest BCUT2D eigenvalue weighted by Crippen LogP contribution is -2.42. The number of rotatable bonds is 1. The molecule has 0 bridgehead atoms. The van der Waals surface area contributed by atoms with E-state index < -0.39 is 0 Å². The number of anilines is 3. The van der Waals surface area contributed by atoms with Crippen molar-refractivity contribution < 1.29 is 4.79 Å². The molecule has 0 aliphatic carbocycles. The van der Waals surface area contributed by atoms with Crippen molar-refractivity contribution >= 4 is 23.0 Å². The van der Waals surface area contributed by atoms with Crippen LogP contribution in [0.1, 0.15) is 15.9 Å². The van der Waals surface area contributed by atoms with E-state index >= 15 is 0 Å². The highest BCUT2D eigenvalue weighted by Gasteiger charge is 2.25. The quantitative estimate of drug-likeness (QED) is 0.818. The van der Waals surface area contributed by atoms with Crippen LogP contribution < -0.4 is 15.5 Å². The molecule has 1 aliphatic heterocycles. The Kier molecular flexibility index (Phi) is 3.29. The fourth-order valence-electron chi connectivity index (χ4n) is 2.68. The van der Waals surface area contributed by atoms with E-state index in [-0.39, 0.29) is 5.91 Å². The average Bonchev–Trinajstić information content (AvgIpc) is 2.50. The van der Waals surface area contributed by atoms with E-state index in [0.29, 0.717) is 17.8 Å². The van der Waals surface area contributed by atoms with E-state index in [1.54, 1.807) is 12.1 Å². The van der Waals surface area contributed by atoms with E-state index in [9.17, 15) is 4.79 Å². The number of amides is 1. The molecule has 0 saturated heterocycles. The molecule has 3 rings (SSSR count). The fourth-order valence-corrected chi connectivity index (χ4v) is 2.68. The van der Waals surface area contributed by atoms with Gasteiger partial charge in [0.15, 0.2) is 0 Å². The van der Waals surface area contributed by atoms with Crippen molar-refractivity contribution in [3.63, 3.8) is 0 Å². The van der Waals surface area contributed by atoms with Gasteiger partial charge >= 0.3 is 0 Å². The molecule has 1 amide bonds. The van der Waals surface area contributed by atoms with Gasteiger partial charge in [0.2, 0.25) is 0 Å². The van der Waals surface area contributed by atoms with Crippen molar-refractivity contribution in [3.05, 3.63) is 53.6 Å². The van der Waals surface area contributed by atoms with Crippen LogP contribution in [0.25, 0.3) is 0 Å². The van der Waals surface area contributed by atoms with Crippen LogP contribution in [0.2, 0.25) is 0 Å². The Morgan fingerprint density at radius 3 is 2.52 bits per heavy atom. The number of carbonyl (C=O) groups is 1. The van der Waals surface area contributed by atoms with Crippen LogP contribution in [0.3, 0.4) is 0 Å². The number of nitrogens with zero attached hydrogens (tertiary/aromatic N) is 2. The molecule has 1 aliphatic rings. The number of hydrogen-bond acceptors (Lipinski definition) is 3. The SMILES string of the molecule is Cc1cc(C(=O)N2CCN(C)c3ccccc32)ccc1N. The summed E-state index contributed by atoms with van der Waals surface area (Å²) in [6.07, 6.45) is 0. The maximum Gasteiger partial charge on any atom is 0.258 e. The molecular weight excluding hydrogens is 262 g/mol. The molecule has 0 aromatic heterocycles. The number of para-hydroxylation sites is 2. The van der Waals surface area contributed by atoms with Crippen molar-refractivity contribution in [2.24, 2.45) is 0 Å². The Bertz CT molecular complexity index is 696. The number of benzene rings is 2. The molecule has 0 unspecified atom stereocenters. The van der Waals surface area contributed by atoms with Crippen LogP contribution in [-0.2, 0) is 0 Å². The molecule has 2 aromatic carbocycles. The van der Waals surface area contributed by atoms with Gasteiger partial charge in [-0.05, 0) is 42.8 Å². The second kappa shape index (κ2) is 5.13. The molecule has 1 heterocycles. The zero-order chi connectivity index (χ0) is 15.0. The lowest BCUT2D eigenvalue weighted by atomic mass is 10.1. The molecule has 4 nitrogen and oxygen atoms in total. The third-order valence-electron chi connectivity index (χ3n) is 4.00. The lowest BCUT2D eigenvalue weighted by Gasteiger charge is -2.35. The minimum absolute atomic E-state index is 0.0265. The summed E-state index contributed by atoms with van der Waals surface area (Å²) in [7, 11) is 2.05. The lowest BCUT2D eigenvalue weighted by molar-refractivity contribution is 0.0986. The van der Waals surface area contributed by atoms with Gasteiger partial charge in [-0.1, -0.05) is 12.1 Å². The zero-order valence-corrected chi connectivity index (χ0v) is 12.3. The Labute approximate surface area is 124 Å². The van der Waals surface area contributed by atoms with Crippen molar-refractivity contribution in [1.82, 2.24) is 0 Å². The average molecular weight is 281 g/mol. The highest BCUT2D eigenvalue weighted by molar-refractivity contribution is 6.08. The van der Waals surface area contributed by atoms with Gasteiger partial charge in [-0.25, -0.2) is 0 Å². The van der Waals surface area contributed by atoms with Gasteiger partial charge in [0.25, 0.3) is 5.91 Å². The number of carbonyl (C=O) groups excluding carboxylic acids is 1. The summed E-state index contributed by atoms with van der Waals surface area (Å²) in [6, 6.07) is 13.5. The number of hydrogen-bond donors (Lipinski definition) is 1. The van der Waals surface area contributed by atoms with Crippen LogP contribution in [0.5, 0.6) is 0 Å². The largest absolute Gasteiger partial charge is 0.399 e. The molecule has 4 heteroatoms. The summed E-state index contributed by atoms with van der Waals surface area (Å²) in [6.45, 7) is 3.44. The predicted molar refractivity (Wildman–Crippen MR) is 87.0 cm³/mol. The number of likely N-dealkylation sites (N-methyl/N-ethyl adjacent to an activating group) is 1. The number of fused-ring (bicyclic) bond motifs is 1. The van der Waals surface area contributed by atoms with Crippen LogP contribution >= 0.6 is 0 Å². The van der Waals surface area contributed by atoms with Gasteiger partial charge in [0, 0.05) is 31.4 Å². The number of aryl methyl sites for hydroxylation is 1. The molecule has 0 spiro atoms. The highest BCUT2D eigenvalue weighted by Crippen LogP contribution is 2.32. The van der Waals surface area contributed by atoms with Gasteiger partial charge in [-0.3, -0.25) is 4.79 Å². The Morgan fingerprint density at radius 2 is 1.81 bits per heavy atom. The molecule has 0 atom stereocenters. The Balaban J connectivity index is 1.99. The van der Waals surface area contributed by atoms with Crippen LogP contribution in [0, 0.1) is 6.92 Å². The van der Waals surface area contributed by atoms with Crippen molar-refractivity contribution in [2.75, 3.05) is 35.7 Å². The van der Waals surface area contributed by atoms with Crippen LogP contribution in [-0.4, -0.2) is 26.0 Å². The van der Waals surface area contributed by atoms with Gasteiger partial charge in [-0.15, -0.1) is 0 Å². The summed E-state index contributed by atoms with van der Waals surface area (Å²) >= 11 is 0. The Hall–Kier alpha value is -2.49. The first-order valence-corrected chi connectivity index (χ1v) is 7.06. The fraction of sp³-hybridized carbons (Fsp3) is 0.235. The summed E-state index contributed by atoms with van der Waals surface area (Å²) in [4.78, 5) is 16.8. The third kappa shape index (κ3) is 2.33. The van der Waals surface area contributed by atoms with Gasteiger partial charge in [-0.2, -0.15) is 0 Å². The second-order valence-corrected chi connectivity index (χ2v) is 5.44. The molecule has 2 aromatic rings. The van der Waals surface area contributed by atoms with Gasteiger partial charge in [0.1, 0.15) is 0 Å². The first-order chi connectivity index (χ1) is 10.1. The highest BCUT2D eigenvalue weighted by atomic mass is 16.2. The summed E-state index contributed by atoms with van der Waals surface area (Å²) in [5, 5.41) is 0.